The van der Waals surface area contributed by atoms with E-state index in [1.165, 1.54) is 11.8 Å². The average molecular weight is 528 g/mol. The Hall–Kier alpha value is -3.32. The van der Waals surface area contributed by atoms with Gasteiger partial charge in [-0.25, -0.2) is 4.68 Å². The maximum atomic E-state index is 12.0. The lowest BCUT2D eigenvalue weighted by molar-refractivity contribution is -0.268. The second-order valence-corrected chi connectivity index (χ2v) is 9.77. The van der Waals surface area contributed by atoms with Gasteiger partial charge in [-0.05, 0) is 33.7 Å². The number of hydrogen-bond acceptors (Lipinski definition) is 9. The molecule has 11 nitrogen and oxygen atoms in total. The molecule has 1 aromatic heterocycles. The average Bonchev–Trinajstić information content (AvgIpc) is 3.32. The highest BCUT2D eigenvalue weighted by molar-refractivity contribution is 7.99. The van der Waals surface area contributed by atoms with Crippen molar-refractivity contribution in [2.24, 2.45) is 13.0 Å². The number of nitrogens with zero attached hydrogens (tertiary/aromatic N) is 4. The number of amides is 1. The lowest BCUT2D eigenvalue weighted by Gasteiger charge is -2.41. The number of thioether (sulfide) groups is 1. The molecule has 12 heteroatoms. The number of carboxylic acid groups (broad SMARTS) is 1. The minimum atomic E-state index is -1.02. The first kappa shape index (κ1) is 26.7. The zero-order valence-electron chi connectivity index (χ0n) is 20.5. The molecule has 4 atom stereocenters. The number of nitrogens with one attached hydrogen (secondary N) is 1. The van der Waals surface area contributed by atoms with Crippen LogP contribution in [0.25, 0.3) is 0 Å². The highest BCUT2D eigenvalue weighted by atomic mass is 32.2. The fourth-order valence-electron chi connectivity index (χ4n) is 3.98. The molecule has 0 spiro atoms. The van der Waals surface area contributed by atoms with E-state index >= 15 is 0 Å². The van der Waals surface area contributed by atoms with E-state index in [0.29, 0.717) is 16.6 Å². The van der Waals surface area contributed by atoms with Gasteiger partial charge in [-0.15, -0.1) is 5.10 Å². The molecule has 0 unspecified atom stereocenters. The number of hydrogen-bond donors (Lipinski definition) is 3. The number of anilines is 1. The Morgan fingerprint density at radius 1 is 1.05 bits per heavy atom. The second kappa shape index (κ2) is 12.3. The van der Waals surface area contributed by atoms with Gasteiger partial charge in [0.25, 0.3) is 0 Å². The Morgan fingerprint density at radius 2 is 1.76 bits per heavy atom. The number of aromatic nitrogens is 4. The maximum absolute atomic E-state index is 12.0. The summed E-state index contributed by atoms with van der Waals surface area (Å²) in [4.78, 5) is 22.6. The van der Waals surface area contributed by atoms with Crippen LogP contribution in [0.2, 0.25) is 0 Å². The van der Waals surface area contributed by atoms with Crippen LogP contribution in [-0.2, 0) is 32.7 Å². The summed E-state index contributed by atoms with van der Waals surface area (Å²) in [6, 6.07) is 14.8. The van der Waals surface area contributed by atoms with Crippen LogP contribution in [0.4, 0.5) is 5.69 Å². The number of carbonyl (C=O) groups excluding carboxylic acids is 1. The van der Waals surface area contributed by atoms with Crippen LogP contribution in [0.3, 0.4) is 0 Å². The fourth-order valence-corrected chi connectivity index (χ4v) is 4.99. The molecule has 1 amide bonds. The third-order valence-electron chi connectivity index (χ3n) is 6.11. The number of aryl methyl sites for hydroxylation is 1. The van der Waals surface area contributed by atoms with Crippen LogP contribution in [0.15, 0.2) is 53.7 Å². The summed E-state index contributed by atoms with van der Waals surface area (Å²) in [5, 5.41) is 33.2. The molecular weight excluding hydrogens is 498 g/mol. The molecule has 3 N–H and O–H groups in total. The minimum absolute atomic E-state index is 0.0118. The quantitative estimate of drug-likeness (QED) is 0.336. The van der Waals surface area contributed by atoms with E-state index in [4.69, 9.17) is 14.6 Å². The molecule has 2 heterocycles. The first-order chi connectivity index (χ1) is 17.8. The van der Waals surface area contributed by atoms with Gasteiger partial charge in [0.1, 0.15) is 0 Å². The Balaban J connectivity index is 1.51. The minimum Gasteiger partial charge on any atom is -0.481 e. The number of ether oxygens (including phenoxy) is 2. The van der Waals surface area contributed by atoms with Crippen molar-refractivity contribution in [3.05, 3.63) is 65.2 Å². The van der Waals surface area contributed by atoms with Gasteiger partial charge in [-0.2, -0.15) is 0 Å². The molecule has 1 fully saturated rings. The molecule has 1 aliphatic heterocycles. The number of rotatable bonds is 10. The molecular formula is C25H29N5O6S. The largest absolute Gasteiger partial charge is 0.481 e. The second-order valence-electron chi connectivity index (χ2n) is 8.78. The molecule has 1 saturated heterocycles. The van der Waals surface area contributed by atoms with Crippen molar-refractivity contribution >= 4 is 29.3 Å². The molecule has 37 heavy (non-hydrogen) atoms. The van der Waals surface area contributed by atoms with E-state index in [1.54, 1.807) is 23.9 Å². The molecule has 3 aromatic rings. The normalized spacial score (nSPS) is 21.5. The summed E-state index contributed by atoms with van der Waals surface area (Å²) in [5.41, 5.74) is 3.14. The fraction of sp³-hybridized carbons (Fsp3) is 0.400. The van der Waals surface area contributed by atoms with Crippen LogP contribution < -0.4 is 5.32 Å². The summed E-state index contributed by atoms with van der Waals surface area (Å²) >= 11 is 1.50. The van der Waals surface area contributed by atoms with Crippen molar-refractivity contribution in [2.45, 2.75) is 50.0 Å². The van der Waals surface area contributed by atoms with E-state index in [-0.39, 0.29) is 43.5 Å². The van der Waals surface area contributed by atoms with Crippen molar-refractivity contribution in [2.75, 3.05) is 11.1 Å². The van der Waals surface area contributed by atoms with Crippen LogP contribution >= 0.6 is 11.8 Å². The lowest BCUT2D eigenvalue weighted by Crippen LogP contribution is -2.38. The predicted molar refractivity (Wildman–Crippen MR) is 134 cm³/mol. The van der Waals surface area contributed by atoms with Crippen molar-refractivity contribution in [3.63, 3.8) is 0 Å². The third kappa shape index (κ3) is 6.92. The standard InChI is InChI=1S/C25H29N5O6S/c1-15-20(14-37-25-27-28-29-30(25)2)35-24(36-23(15)17-5-3-16(13-31)4-6-17)18-7-9-19(10-8-18)26-21(32)11-12-22(33)34/h3-10,15,20,23-24,31H,11-14H2,1-2H3,(H,26,32)(H,33,34)/t15-,20+,23+,24+/m0/s1. The van der Waals surface area contributed by atoms with Crippen molar-refractivity contribution in [1.29, 1.82) is 0 Å². The van der Waals surface area contributed by atoms with Crippen molar-refractivity contribution < 1.29 is 29.3 Å². The van der Waals surface area contributed by atoms with Crippen molar-refractivity contribution in [3.8, 4) is 0 Å². The van der Waals surface area contributed by atoms with Gasteiger partial charge >= 0.3 is 5.97 Å². The first-order valence-corrected chi connectivity index (χ1v) is 12.8. The Kier molecular flexibility index (Phi) is 8.87. The van der Waals surface area contributed by atoms with Gasteiger partial charge < -0.3 is 25.0 Å². The molecule has 196 valence electrons. The van der Waals surface area contributed by atoms with E-state index in [2.05, 4.69) is 27.8 Å². The number of tetrazole rings is 1. The van der Waals surface area contributed by atoms with Gasteiger partial charge in [-0.3, -0.25) is 9.59 Å². The van der Waals surface area contributed by atoms with Crippen LogP contribution in [-0.4, -0.2) is 54.2 Å². The van der Waals surface area contributed by atoms with Crippen LogP contribution in [0.1, 0.15) is 48.8 Å². The molecule has 1 aliphatic rings. The molecule has 4 rings (SSSR count). The lowest BCUT2D eigenvalue weighted by atomic mass is 9.91. The van der Waals surface area contributed by atoms with Crippen LogP contribution in [0.5, 0.6) is 0 Å². The van der Waals surface area contributed by atoms with Gasteiger partial charge in [-0.1, -0.05) is 55.1 Å². The zero-order chi connectivity index (χ0) is 26.4. The highest BCUT2D eigenvalue weighted by Gasteiger charge is 2.38. The van der Waals surface area contributed by atoms with Crippen LogP contribution in [0, 0.1) is 5.92 Å². The number of benzene rings is 2. The molecule has 0 saturated carbocycles. The monoisotopic (exact) mass is 527 g/mol. The molecule has 2 aromatic carbocycles. The Bertz CT molecular complexity index is 1200. The number of aliphatic hydroxyl groups excluding tert-OH is 1. The SMILES string of the molecule is C[C@H]1[C@@H](CSc2nnnn2C)O[C@@H](c2ccc(NC(=O)CCC(=O)O)cc2)O[C@H]1c1ccc(CO)cc1. The number of aliphatic carboxylic acids is 1. The third-order valence-corrected chi connectivity index (χ3v) is 7.21. The van der Waals surface area contributed by atoms with E-state index in [0.717, 1.165) is 16.7 Å². The Morgan fingerprint density at radius 3 is 2.38 bits per heavy atom. The first-order valence-electron chi connectivity index (χ1n) is 11.8. The summed E-state index contributed by atoms with van der Waals surface area (Å²) in [6.07, 6.45) is -1.42. The number of carbonyl (C=O) groups is 2. The highest BCUT2D eigenvalue weighted by Crippen LogP contribution is 2.43. The topological polar surface area (TPSA) is 149 Å². The van der Waals surface area contributed by atoms with E-state index in [9.17, 15) is 14.7 Å². The van der Waals surface area contributed by atoms with Gasteiger partial charge in [0.15, 0.2) is 6.29 Å². The van der Waals surface area contributed by atoms with Gasteiger partial charge in [0.05, 0.1) is 25.2 Å². The Labute approximate surface area is 218 Å². The molecule has 0 bridgehead atoms. The van der Waals surface area contributed by atoms with Gasteiger partial charge in [0, 0.05) is 36.4 Å². The maximum Gasteiger partial charge on any atom is 0.303 e. The van der Waals surface area contributed by atoms with E-state index < -0.39 is 12.3 Å². The molecule has 0 aliphatic carbocycles. The summed E-state index contributed by atoms with van der Waals surface area (Å²) in [5.74, 6) is -0.762. The van der Waals surface area contributed by atoms with Gasteiger partial charge in [0.2, 0.25) is 11.1 Å². The van der Waals surface area contributed by atoms with E-state index in [1.807, 2.05) is 36.4 Å². The number of carboxylic acids is 1. The zero-order valence-corrected chi connectivity index (χ0v) is 21.3. The summed E-state index contributed by atoms with van der Waals surface area (Å²) in [7, 11) is 1.78. The number of aliphatic hydroxyl groups is 1. The predicted octanol–water partition coefficient (Wildman–Crippen LogP) is 3.09. The summed E-state index contributed by atoms with van der Waals surface area (Å²) in [6.45, 7) is 2.05. The van der Waals surface area contributed by atoms with Crippen molar-refractivity contribution in [1.82, 2.24) is 20.2 Å². The smallest absolute Gasteiger partial charge is 0.303 e. The summed E-state index contributed by atoms with van der Waals surface area (Å²) < 4.78 is 14.4. The molecule has 0 radical (unpaired) electrons.